The van der Waals surface area contributed by atoms with Crippen LogP contribution < -0.4 is 10.5 Å². The molecule has 2 aromatic carbocycles. The third-order valence-electron chi connectivity index (χ3n) is 2.66. The van der Waals surface area contributed by atoms with Gasteiger partial charge in [-0.1, -0.05) is 18.2 Å². The van der Waals surface area contributed by atoms with Crippen molar-refractivity contribution in [2.24, 2.45) is 5.73 Å². The number of ether oxygens (including phenoxy) is 1. The van der Waals surface area contributed by atoms with E-state index >= 15 is 0 Å². The van der Waals surface area contributed by atoms with Crippen molar-refractivity contribution in [3.05, 3.63) is 63.7 Å². The normalized spacial score (nSPS) is 9.80. The SMILES string of the molecule is N#Cc1cccc(Oc2cccc(CN)c2)c1[N+](=O)[O-]. The van der Waals surface area contributed by atoms with E-state index in [1.165, 1.54) is 18.2 Å². The van der Waals surface area contributed by atoms with Gasteiger partial charge in [0.1, 0.15) is 17.4 Å². The minimum Gasteiger partial charge on any atom is -0.450 e. The molecule has 2 N–H and O–H groups in total. The van der Waals surface area contributed by atoms with Gasteiger partial charge in [-0.25, -0.2) is 0 Å². The van der Waals surface area contributed by atoms with Gasteiger partial charge in [0.05, 0.1) is 4.92 Å². The molecule has 2 rings (SSSR count). The van der Waals surface area contributed by atoms with Gasteiger partial charge in [-0.05, 0) is 29.8 Å². The lowest BCUT2D eigenvalue weighted by Gasteiger charge is -2.08. The lowest BCUT2D eigenvalue weighted by Crippen LogP contribution is -1.98. The summed E-state index contributed by atoms with van der Waals surface area (Å²) >= 11 is 0. The predicted octanol–water partition coefficient (Wildman–Crippen LogP) is 2.72. The largest absolute Gasteiger partial charge is 0.450 e. The van der Waals surface area contributed by atoms with Crippen LogP contribution in [0.2, 0.25) is 0 Å². The van der Waals surface area contributed by atoms with Crippen molar-refractivity contribution in [2.45, 2.75) is 6.54 Å². The molecule has 0 saturated carbocycles. The van der Waals surface area contributed by atoms with Crippen LogP contribution in [0.5, 0.6) is 11.5 Å². The van der Waals surface area contributed by atoms with E-state index in [0.29, 0.717) is 12.3 Å². The molecule has 0 amide bonds. The predicted molar refractivity (Wildman–Crippen MR) is 72.2 cm³/mol. The molecule has 0 heterocycles. The number of nitriles is 1. The van der Waals surface area contributed by atoms with Crippen LogP contribution in [-0.4, -0.2) is 4.92 Å². The lowest BCUT2D eigenvalue weighted by molar-refractivity contribution is -0.385. The molecule has 6 nitrogen and oxygen atoms in total. The van der Waals surface area contributed by atoms with Gasteiger partial charge in [0.15, 0.2) is 0 Å². The third-order valence-corrected chi connectivity index (χ3v) is 2.66. The van der Waals surface area contributed by atoms with Gasteiger partial charge < -0.3 is 10.5 Å². The summed E-state index contributed by atoms with van der Waals surface area (Å²) in [7, 11) is 0. The van der Waals surface area contributed by atoms with E-state index < -0.39 is 4.92 Å². The van der Waals surface area contributed by atoms with Crippen LogP contribution in [0, 0.1) is 21.4 Å². The maximum Gasteiger partial charge on any atom is 0.329 e. The molecule has 0 saturated heterocycles. The maximum atomic E-state index is 11.1. The third kappa shape index (κ3) is 2.74. The van der Waals surface area contributed by atoms with Crippen LogP contribution in [0.15, 0.2) is 42.5 Å². The van der Waals surface area contributed by atoms with Crippen molar-refractivity contribution in [1.29, 1.82) is 5.26 Å². The first-order chi connectivity index (χ1) is 9.65. The summed E-state index contributed by atoms with van der Waals surface area (Å²) in [6.45, 7) is 0.345. The molecule has 0 aliphatic rings. The molecule has 0 spiro atoms. The Kier molecular flexibility index (Phi) is 3.93. The van der Waals surface area contributed by atoms with E-state index in [-0.39, 0.29) is 17.0 Å². The topological polar surface area (TPSA) is 102 Å². The first-order valence-corrected chi connectivity index (χ1v) is 5.80. The fraction of sp³-hybridized carbons (Fsp3) is 0.0714. The average Bonchev–Trinajstić information content (AvgIpc) is 2.46. The first kappa shape index (κ1) is 13.5. The van der Waals surface area contributed by atoms with Gasteiger partial charge in [-0.2, -0.15) is 5.26 Å². The molecule has 0 radical (unpaired) electrons. The smallest absolute Gasteiger partial charge is 0.329 e. The van der Waals surface area contributed by atoms with Gasteiger partial charge in [-0.3, -0.25) is 10.1 Å². The van der Waals surface area contributed by atoms with Crippen LogP contribution in [0.25, 0.3) is 0 Å². The highest BCUT2D eigenvalue weighted by Crippen LogP contribution is 2.34. The summed E-state index contributed by atoms with van der Waals surface area (Å²) in [4.78, 5) is 10.4. The molecule has 0 atom stereocenters. The van der Waals surface area contributed by atoms with Crippen molar-refractivity contribution in [2.75, 3.05) is 0 Å². The Balaban J connectivity index is 2.43. The van der Waals surface area contributed by atoms with E-state index in [0.717, 1.165) is 5.56 Å². The van der Waals surface area contributed by atoms with E-state index in [1.54, 1.807) is 24.3 Å². The Morgan fingerprint density at radius 1 is 1.30 bits per heavy atom. The number of hydrogen-bond acceptors (Lipinski definition) is 5. The molecular formula is C14H11N3O3. The van der Waals surface area contributed by atoms with Crippen LogP contribution >= 0.6 is 0 Å². The molecule has 0 aliphatic carbocycles. The van der Waals surface area contributed by atoms with Crippen molar-refractivity contribution in [3.8, 4) is 17.6 Å². The summed E-state index contributed by atoms with van der Waals surface area (Å²) < 4.78 is 5.51. The zero-order chi connectivity index (χ0) is 14.5. The fourth-order valence-corrected chi connectivity index (χ4v) is 1.75. The summed E-state index contributed by atoms with van der Waals surface area (Å²) in [6, 6.07) is 13.1. The molecule has 0 aliphatic heterocycles. The standard InChI is InChI=1S/C14H11N3O3/c15-8-10-3-1-5-12(7-10)20-13-6-2-4-11(9-16)14(13)17(18)19/h1-7H,8,15H2. The number of rotatable bonds is 4. The first-order valence-electron chi connectivity index (χ1n) is 5.80. The maximum absolute atomic E-state index is 11.1. The summed E-state index contributed by atoms with van der Waals surface area (Å²) in [5.41, 5.74) is 6.00. The van der Waals surface area contributed by atoms with E-state index in [4.69, 9.17) is 15.7 Å². The summed E-state index contributed by atoms with van der Waals surface area (Å²) in [6.07, 6.45) is 0. The van der Waals surface area contributed by atoms with Crippen LogP contribution in [0.3, 0.4) is 0 Å². The molecule has 0 bridgehead atoms. The zero-order valence-corrected chi connectivity index (χ0v) is 10.4. The number of nitrogens with zero attached hydrogens (tertiary/aromatic N) is 2. The van der Waals surface area contributed by atoms with Crippen molar-refractivity contribution in [3.63, 3.8) is 0 Å². The molecule has 20 heavy (non-hydrogen) atoms. The lowest BCUT2D eigenvalue weighted by atomic mass is 10.2. The molecular weight excluding hydrogens is 258 g/mol. The Morgan fingerprint density at radius 2 is 2.05 bits per heavy atom. The number of nitrogens with two attached hydrogens (primary N) is 1. The number of benzene rings is 2. The van der Waals surface area contributed by atoms with Gasteiger partial charge >= 0.3 is 5.69 Å². The highest BCUT2D eigenvalue weighted by atomic mass is 16.6. The number of nitro benzene ring substituents is 1. The van der Waals surface area contributed by atoms with Gasteiger partial charge in [-0.15, -0.1) is 0 Å². The monoisotopic (exact) mass is 269 g/mol. The van der Waals surface area contributed by atoms with Crippen LogP contribution in [0.1, 0.15) is 11.1 Å². The second kappa shape index (κ2) is 5.82. The fourth-order valence-electron chi connectivity index (χ4n) is 1.75. The zero-order valence-electron chi connectivity index (χ0n) is 10.4. The van der Waals surface area contributed by atoms with Crippen LogP contribution in [0.4, 0.5) is 5.69 Å². The van der Waals surface area contributed by atoms with Gasteiger partial charge in [0.2, 0.25) is 5.75 Å². The molecule has 0 fully saturated rings. The second-order valence-corrected chi connectivity index (χ2v) is 3.97. The minimum absolute atomic E-state index is 0.0308. The van der Waals surface area contributed by atoms with Crippen LogP contribution in [-0.2, 0) is 6.54 Å². The number of nitro groups is 1. The quantitative estimate of drug-likeness (QED) is 0.679. The summed E-state index contributed by atoms with van der Waals surface area (Å²) in [5.74, 6) is 0.467. The molecule has 100 valence electrons. The van der Waals surface area contributed by atoms with Gasteiger partial charge in [0.25, 0.3) is 0 Å². The van der Waals surface area contributed by atoms with Gasteiger partial charge in [0, 0.05) is 6.54 Å². The van der Waals surface area contributed by atoms with E-state index in [1.807, 2.05) is 6.07 Å². The number of para-hydroxylation sites is 1. The number of hydrogen-bond donors (Lipinski definition) is 1. The molecule has 6 heteroatoms. The van der Waals surface area contributed by atoms with Crippen molar-refractivity contribution in [1.82, 2.24) is 0 Å². The summed E-state index contributed by atoms with van der Waals surface area (Å²) in [5, 5.41) is 20.0. The highest BCUT2D eigenvalue weighted by Gasteiger charge is 2.21. The molecule has 2 aromatic rings. The Bertz CT molecular complexity index is 692. The molecule has 0 unspecified atom stereocenters. The van der Waals surface area contributed by atoms with Crippen molar-refractivity contribution < 1.29 is 9.66 Å². The molecule has 0 aromatic heterocycles. The average molecular weight is 269 g/mol. The Labute approximate surface area is 115 Å². The highest BCUT2D eigenvalue weighted by molar-refractivity contribution is 5.59. The Hall–Kier alpha value is -2.91. The van der Waals surface area contributed by atoms with E-state index in [2.05, 4.69) is 0 Å². The van der Waals surface area contributed by atoms with E-state index in [9.17, 15) is 10.1 Å². The van der Waals surface area contributed by atoms with Crippen molar-refractivity contribution >= 4 is 5.69 Å². The Morgan fingerprint density at radius 3 is 2.70 bits per heavy atom. The second-order valence-electron chi connectivity index (χ2n) is 3.97. The minimum atomic E-state index is -0.624.